The summed E-state index contributed by atoms with van der Waals surface area (Å²) in [7, 11) is 0. The Kier molecular flexibility index (Phi) is 8.53. The van der Waals surface area contributed by atoms with Crippen molar-refractivity contribution < 1.29 is 0 Å². The third-order valence-corrected chi connectivity index (χ3v) is 16.1. The molecule has 4 heterocycles. The summed E-state index contributed by atoms with van der Waals surface area (Å²) in [6, 6.07) is 52.9. The summed E-state index contributed by atoms with van der Waals surface area (Å²) in [6.07, 6.45) is 8.94. The van der Waals surface area contributed by atoms with Crippen molar-refractivity contribution in [3.8, 4) is 22.9 Å². The van der Waals surface area contributed by atoms with E-state index in [1.54, 1.807) is 0 Å². The Morgan fingerprint density at radius 2 is 1.22 bits per heavy atom. The predicted octanol–water partition coefficient (Wildman–Crippen LogP) is 13.1. The van der Waals surface area contributed by atoms with Crippen molar-refractivity contribution in [3.05, 3.63) is 180 Å². The van der Waals surface area contributed by atoms with E-state index < -0.39 is 0 Å². The van der Waals surface area contributed by atoms with E-state index in [1.165, 1.54) is 85.8 Å². The molecule has 3 nitrogen and oxygen atoms in total. The summed E-state index contributed by atoms with van der Waals surface area (Å²) < 4.78 is 2.48. The Morgan fingerprint density at radius 1 is 0.587 bits per heavy atom. The van der Waals surface area contributed by atoms with Crippen molar-refractivity contribution in [1.29, 1.82) is 5.26 Å². The minimum Gasteiger partial charge on any atom is -0.333 e. The van der Waals surface area contributed by atoms with E-state index in [0.29, 0.717) is 11.5 Å². The van der Waals surface area contributed by atoms with Gasteiger partial charge in [0.25, 0.3) is 0 Å². The molecule has 0 spiro atoms. The van der Waals surface area contributed by atoms with Gasteiger partial charge in [0.05, 0.1) is 28.7 Å². The predicted molar refractivity (Wildman–Crippen MR) is 268 cm³/mol. The SMILES string of the molecule is CC(C)(C)c1ccc2c(c1)c1cc(C(C)(C)C)ccc1n2-c1ccc2c(c1)Sc1cccc3c1B2c1ccc(-c2cc(N4c5ccccc5C5C=CC=CC54)ccc2C#N)cc1S3. The number of fused-ring (bicyclic) bond motifs is 10. The average Bonchev–Trinajstić information content (AvgIpc) is 3.80. The smallest absolute Gasteiger partial charge is 0.247 e. The highest BCUT2D eigenvalue weighted by Gasteiger charge is 2.40. The van der Waals surface area contributed by atoms with Gasteiger partial charge in [0.1, 0.15) is 0 Å². The second kappa shape index (κ2) is 13.9. The van der Waals surface area contributed by atoms with Crippen LogP contribution in [0.15, 0.2) is 177 Å². The van der Waals surface area contributed by atoms with E-state index in [4.69, 9.17) is 0 Å². The van der Waals surface area contributed by atoms with Crippen molar-refractivity contribution in [2.45, 2.75) is 83.9 Å². The molecule has 0 bridgehead atoms. The Balaban J connectivity index is 0.969. The molecule has 63 heavy (non-hydrogen) atoms. The molecule has 304 valence electrons. The van der Waals surface area contributed by atoms with Crippen LogP contribution < -0.4 is 21.3 Å². The fourth-order valence-electron chi connectivity index (χ4n) is 10.6. The first-order valence-corrected chi connectivity index (χ1v) is 23.7. The molecule has 0 amide bonds. The molecule has 0 N–H and O–H groups in total. The lowest BCUT2D eigenvalue weighted by atomic mass is 9.36. The van der Waals surface area contributed by atoms with Crippen LogP contribution >= 0.6 is 23.5 Å². The number of rotatable bonds is 3. The van der Waals surface area contributed by atoms with Crippen LogP contribution in [0, 0.1) is 11.3 Å². The quantitative estimate of drug-likeness (QED) is 0.166. The molecule has 0 saturated heterocycles. The molecule has 4 aliphatic rings. The van der Waals surface area contributed by atoms with Gasteiger partial charge in [-0.2, -0.15) is 5.26 Å². The van der Waals surface area contributed by atoms with E-state index >= 15 is 0 Å². The summed E-state index contributed by atoms with van der Waals surface area (Å²) in [5.41, 5.74) is 16.9. The highest BCUT2D eigenvalue weighted by molar-refractivity contribution is 8.01. The molecule has 0 saturated carbocycles. The maximum Gasteiger partial charge on any atom is 0.247 e. The van der Waals surface area contributed by atoms with E-state index in [9.17, 15) is 5.26 Å². The summed E-state index contributed by atoms with van der Waals surface area (Å²) in [4.78, 5) is 7.63. The van der Waals surface area contributed by atoms with Crippen LogP contribution in [0.5, 0.6) is 0 Å². The van der Waals surface area contributed by atoms with Crippen molar-refractivity contribution >= 4 is 79.8 Å². The minimum absolute atomic E-state index is 0.0470. The number of allylic oxidation sites excluding steroid dienone is 2. The van der Waals surface area contributed by atoms with Gasteiger partial charge >= 0.3 is 0 Å². The monoisotopic (exact) mass is 847 g/mol. The second-order valence-electron chi connectivity index (χ2n) is 19.6. The van der Waals surface area contributed by atoms with Crippen LogP contribution in [0.1, 0.15) is 69.7 Å². The fourth-order valence-corrected chi connectivity index (χ4v) is 13.0. The van der Waals surface area contributed by atoms with Crippen molar-refractivity contribution in [3.63, 3.8) is 0 Å². The highest BCUT2D eigenvalue weighted by Crippen LogP contribution is 2.49. The van der Waals surface area contributed by atoms with Gasteiger partial charge in [0, 0.05) is 58.9 Å². The molecular weight excluding hydrogens is 802 g/mol. The Hall–Kier alpha value is -6.13. The molecule has 2 unspecified atom stereocenters. The number of nitrogens with zero attached hydrogens (tertiary/aromatic N) is 3. The lowest BCUT2D eigenvalue weighted by molar-refractivity contribution is 0.590. The van der Waals surface area contributed by atoms with Crippen LogP contribution in [0.2, 0.25) is 0 Å². The topological polar surface area (TPSA) is 32.0 Å². The lowest BCUT2D eigenvalue weighted by Crippen LogP contribution is -2.58. The number of nitriles is 1. The van der Waals surface area contributed by atoms with Crippen LogP contribution in [0.4, 0.5) is 11.4 Å². The molecule has 8 aromatic rings. The molecule has 3 aliphatic heterocycles. The van der Waals surface area contributed by atoms with Crippen molar-refractivity contribution in [2.75, 3.05) is 4.90 Å². The van der Waals surface area contributed by atoms with Gasteiger partial charge in [-0.15, -0.1) is 0 Å². The number of benzene rings is 7. The van der Waals surface area contributed by atoms with Crippen LogP contribution in [-0.2, 0) is 10.8 Å². The van der Waals surface area contributed by atoms with Gasteiger partial charge < -0.3 is 9.47 Å². The van der Waals surface area contributed by atoms with Gasteiger partial charge in [-0.05, 0) is 117 Å². The summed E-state index contributed by atoms with van der Waals surface area (Å²) in [5, 5.41) is 13.1. The zero-order valence-corrected chi connectivity index (χ0v) is 38.0. The van der Waals surface area contributed by atoms with Crippen LogP contribution in [0.25, 0.3) is 38.6 Å². The number of para-hydroxylation sites is 1. The van der Waals surface area contributed by atoms with Gasteiger partial charge in [0.15, 0.2) is 0 Å². The zero-order chi connectivity index (χ0) is 42.9. The van der Waals surface area contributed by atoms with Crippen LogP contribution in [-0.4, -0.2) is 17.3 Å². The van der Waals surface area contributed by atoms with E-state index in [1.807, 2.05) is 29.6 Å². The third-order valence-electron chi connectivity index (χ3n) is 13.8. The minimum atomic E-state index is 0.0470. The fraction of sp³-hybridized carbons (Fsp3) is 0.175. The van der Waals surface area contributed by atoms with Crippen LogP contribution in [0.3, 0.4) is 0 Å². The standard InChI is InChI=1S/C57H46BN3S2/c1-56(2,3)36-20-26-49-43(29-36)44-30-37(57(4,5)6)21-27-50(44)61(49)39-23-25-46-54(32-39)63-52-17-11-16-51-55(52)58(46)45-24-19-34(28-53(45)62-51)42-31-38(22-18-35(42)33-59)60-47-14-9-7-12-40(47)41-13-8-10-15-48(41)60/h7-32,40,47H,1-6H3. The molecular formula is C57H46BN3S2. The Morgan fingerprint density at radius 3 is 1.90 bits per heavy atom. The van der Waals surface area contributed by atoms with E-state index in [0.717, 1.165) is 16.8 Å². The molecule has 12 rings (SSSR count). The zero-order valence-electron chi connectivity index (χ0n) is 36.4. The summed E-state index contributed by atoms with van der Waals surface area (Å²) in [6.45, 7) is 13.9. The maximum absolute atomic E-state index is 10.5. The lowest BCUT2D eigenvalue weighted by Gasteiger charge is -2.33. The molecule has 0 fully saturated rings. The number of hydrogen-bond acceptors (Lipinski definition) is 4. The van der Waals surface area contributed by atoms with E-state index in [-0.39, 0.29) is 23.6 Å². The molecule has 1 aliphatic carbocycles. The molecule has 0 radical (unpaired) electrons. The van der Waals surface area contributed by atoms with Gasteiger partial charge in [-0.25, -0.2) is 0 Å². The average molecular weight is 848 g/mol. The second-order valence-corrected chi connectivity index (χ2v) is 21.8. The normalized spacial score (nSPS) is 17.0. The summed E-state index contributed by atoms with van der Waals surface area (Å²) >= 11 is 3.77. The molecule has 2 atom stereocenters. The maximum atomic E-state index is 10.5. The van der Waals surface area contributed by atoms with Crippen molar-refractivity contribution in [2.24, 2.45) is 0 Å². The number of hydrogen-bond donors (Lipinski definition) is 0. The molecule has 1 aromatic heterocycles. The van der Waals surface area contributed by atoms with Gasteiger partial charge in [0.2, 0.25) is 6.71 Å². The van der Waals surface area contributed by atoms with E-state index in [2.05, 4.69) is 209 Å². The van der Waals surface area contributed by atoms with Gasteiger partial charge in [-0.1, -0.05) is 155 Å². The highest BCUT2D eigenvalue weighted by atomic mass is 32.2. The Labute approximate surface area is 379 Å². The Bertz CT molecular complexity index is 3300. The van der Waals surface area contributed by atoms with Crippen molar-refractivity contribution in [1.82, 2.24) is 4.57 Å². The molecule has 7 aromatic carbocycles. The van der Waals surface area contributed by atoms with Gasteiger partial charge in [-0.3, -0.25) is 0 Å². The molecule has 6 heteroatoms. The number of aromatic nitrogens is 1. The third kappa shape index (κ3) is 5.97. The largest absolute Gasteiger partial charge is 0.333 e. The number of anilines is 2. The first-order chi connectivity index (χ1) is 30.4. The first kappa shape index (κ1) is 38.5. The summed E-state index contributed by atoms with van der Waals surface area (Å²) in [5.74, 6) is 0.299. The first-order valence-electron chi connectivity index (χ1n) is 22.1.